The molecule has 4 aromatic carbocycles. The molecule has 2 aromatic heterocycles. The van der Waals surface area contributed by atoms with Crippen molar-refractivity contribution in [1.29, 1.82) is 0 Å². The largest absolute Gasteiger partial charge is 2.00 e. The number of hydrogen-bond donors (Lipinski definition) is 0. The van der Waals surface area contributed by atoms with E-state index in [2.05, 4.69) is 116 Å². The summed E-state index contributed by atoms with van der Waals surface area (Å²) in [5.74, 6) is 1.62. The number of benzene rings is 4. The first kappa shape index (κ1) is 38.1. The van der Waals surface area contributed by atoms with E-state index in [1.165, 1.54) is 92.1 Å². The molecule has 2 fully saturated rings. The number of para-hydroxylation sites is 2. The van der Waals surface area contributed by atoms with Gasteiger partial charge in [0.2, 0.25) is 0 Å². The molecule has 54 heavy (non-hydrogen) atoms. The van der Waals surface area contributed by atoms with Crippen LogP contribution in [0.1, 0.15) is 138 Å². The fourth-order valence-corrected chi connectivity index (χ4v) is 8.77. The molecule has 5 nitrogen and oxygen atoms in total. The first-order valence-electron chi connectivity index (χ1n) is 20.0. The maximum absolute atomic E-state index is 7.18. The number of ether oxygens (including phenoxy) is 1. The summed E-state index contributed by atoms with van der Waals surface area (Å²) in [4.78, 5) is 10.5. The molecule has 0 atom stereocenters. The third-order valence-electron chi connectivity index (χ3n) is 11.5. The molecule has 2 heterocycles. The zero-order valence-corrected chi connectivity index (χ0v) is 34.4. The monoisotopic (exact) mass is 895 g/mol. The zero-order valence-electron chi connectivity index (χ0n) is 32.1. The average Bonchev–Trinajstić information content (AvgIpc) is 3.83. The Labute approximate surface area is 336 Å². The second-order valence-electron chi connectivity index (χ2n) is 15.8. The third-order valence-corrected chi connectivity index (χ3v) is 11.5. The molecule has 0 aliphatic heterocycles. The van der Waals surface area contributed by atoms with E-state index in [0.29, 0.717) is 35.7 Å². The molecule has 0 bridgehead atoms. The van der Waals surface area contributed by atoms with Crippen molar-refractivity contribution in [3.63, 3.8) is 0 Å². The van der Waals surface area contributed by atoms with Gasteiger partial charge in [-0.15, -0.1) is 71.8 Å². The van der Waals surface area contributed by atoms with Crippen LogP contribution in [0.15, 0.2) is 97.3 Å². The molecule has 0 unspecified atom stereocenters. The van der Waals surface area contributed by atoms with E-state index in [-0.39, 0.29) is 21.1 Å². The minimum absolute atomic E-state index is 0. The molecule has 2 saturated carbocycles. The van der Waals surface area contributed by atoms with E-state index in [1.807, 2.05) is 30.3 Å². The van der Waals surface area contributed by atoms with Gasteiger partial charge < -0.3 is 4.74 Å². The number of nitrogens with zero attached hydrogens (tertiary/aromatic N) is 4. The minimum Gasteiger partial charge on any atom is -0.392 e. The summed E-state index contributed by atoms with van der Waals surface area (Å²) in [6.07, 6.45) is 16.9. The molecular formula is C48H52N4OPt. The van der Waals surface area contributed by atoms with E-state index < -0.39 is 0 Å². The Balaban J connectivity index is 0.00000450. The molecule has 6 heteroatoms. The Morgan fingerprint density at radius 2 is 1.00 bits per heavy atom. The van der Waals surface area contributed by atoms with Crippen LogP contribution in [0.2, 0.25) is 0 Å². The smallest absolute Gasteiger partial charge is 0.392 e. The van der Waals surface area contributed by atoms with E-state index in [0.717, 1.165) is 28.2 Å². The van der Waals surface area contributed by atoms with Gasteiger partial charge in [0.15, 0.2) is 0 Å². The summed E-state index contributed by atoms with van der Waals surface area (Å²) < 4.78 is 11.6. The Kier molecular flexibility index (Phi) is 12.0. The van der Waals surface area contributed by atoms with Crippen LogP contribution in [0.5, 0.6) is 12.0 Å². The second-order valence-corrected chi connectivity index (χ2v) is 15.8. The van der Waals surface area contributed by atoms with Gasteiger partial charge in [-0.3, -0.25) is 9.13 Å². The third kappa shape index (κ3) is 7.80. The summed E-state index contributed by atoms with van der Waals surface area (Å²) in [5, 5.41) is 0. The fourth-order valence-electron chi connectivity index (χ4n) is 8.77. The van der Waals surface area contributed by atoms with E-state index in [1.54, 1.807) is 0 Å². The van der Waals surface area contributed by atoms with Crippen LogP contribution in [0.3, 0.4) is 0 Å². The molecule has 2 aliphatic carbocycles. The Morgan fingerprint density at radius 1 is 0.556 bits per heavy atom. The predicted molar refractivity (Wildman–Crippen MR) is 216 cm³/mol. The quantitative estimate of drug-likeness (QED) is 0.129. The first-order chi connectivity index (χ1) is 26.0. The van der Waals surface area contributed by atoms with Crippen LogP contribution in [-0.2, 0) is 21.1 Å². The van der Waals surface area contributed by atoms with Crippen molar-refractivity contribution in [1.82, 2.24) is 19.1 Å². The van der Waals surface area contributed by atoms with Gasteiger partial charge in [0, 0.05) is 11.4 Å². The second kappa shape index (κ2) is 17.1. The van der Waals surface area contributed by atoms with Gasteiger partial charge in [0.05, 0.1) is 11.4 Å². The standard InChI is InChI=1S/C48H52N4O.Pt/c1-33(2)39-27-17-28-40(34(3)4)45(39)51-31-43(37-23-13-7-14-24-37)49-47(51)53-48-50-44(38-25-15-8-16-26-38)32-52(48)46-41(35-19-9-5-10-20-35)29-18-30-42(46)36-21-11-6-12-22-36;/h7-8,13-18,23,25,27-36H,5-6,9-12,19-22H2,1-4H3;/q-2;+2. The maximum Gasteiger partial charge on any atom is 2.00 e. The first-order valence-corrected chi connectivity index (χ1v) is 20.0. The van der Waals surface area contributed by atoms with Crippen molar-refractivity contribution in [2.45, 2.75) is 116 Å². The summed E-state index contributed by atoms with van der Waals surface area (Å²) in [7, 11) is 0. The van der Waals surface area contributed by atoms with E-state index in [9.17, 15) is 0 Å². The van der Waals surface area contributed by atoms with Crippen molar-refractivity contribution >= 4 is 0 Å². The molecule has 0 amide bonds. The number of aromatic nitrogens is 4. The van der Waals surface area contributed by atoms with Crippen LogP contribution >= 0.6 is 0 Å². The van der Waals surface area contributed by atoms with Gasteiger partial charge in [0.25, 0.3) is 12.0 Å². The fraction of sp³-hybridized carbons (Fsp3) is 0.375. The molecule has 8 rings (SSSR count). The summed E-state index contributed by atoms with van der Waals surface area (Å²) in [6.45, 7) is 9.04. The zero-order chi connectivity index (χ0) is 36.3. The number of hydrogen-bond acceptors (Lipinski definition) is 3. The van der Waals surface area contributed by atoms with Crippen LogP contribution in [0.4, 0.5) is 0 Å². The summed E-state index contributed by atoms with van der Waals surface area (Å²) >= 11 is 0. The van der Waals surface area contributed by atoms with Crippen molar-refractivity contribution in [3.05, 3.63) is 132 Å². The van der Waals surface area contributed by atoms with Gasteiger partial charge in [-0.1, -0.05) is 103 Å². The number of imidazole rings is 2. The topological polar surface area (TPSA) is 44.9 Å². The average molecular weight is 896 g/mol. The predicted octanol–water partition coefficient (Wildman–Crippen LogP) is 13.1. The van der Waals surface area contributed by atoms with Crippen molar-refractivity contribution in [2.24, 2.45) is 0 Å². The Hall–Kier alpha value is -4.21. The van der Waals surface area contributed by atoms with Crippen LogP contribution in [0, 0.1) is 12.1 Å². The van der Waals surface area contributed by atoms with Crippen LogP contribution in [-0.4, -0.2) is 19.1 Å². The molecule has 6 aromatic rings. The van der Waals surface area contributed by atoms with Gasteiger partial charge >= 0.3 is 21.1 Å². The minimum atomic E-state index is 0. The Bertz CT molecular complexity index is 2070. The summed E-state index contributed by atoms with van der Waals surface area (Å²) in [6, 6.07) is 37.8. The molecule has 2 aliphatic rings. The molecule has 0 N–H and O–H groups in total. The molecule has 0 saturated heterocycles. The van der Waals surface area contributed by atoms with Crippen molar-refractivity contribution in [2.75, 3.05) is 0 Å². The molecular weight excluding hydrogens is 844 g/mol. The van der Waals surface area contributed by atoms with Crippen LogP contribution in [0.25, 0.3) is 33.9 Å². The SMILES string of the molecule is CC(C)c1cccc(C(C)C)c1-n1cc(-c2[c-]cccc2)nc1Oc1nc(-c2[c-]cccc2)cn1-c1c(C2CCCCC2)cccc1C1CCCCC1.[Pt+2]. The maximum atomic E-state index is 7.18. The van der Waals surface area contributed by atoms with E-state index >= 15 is 0 Å². The summed E-state index contributed by atoms with van der Waals surface area (Å²) in [5.41, 5.74) is 11.3. The Morgan fingerprint density at radius 3 is 1.43 bits per heavy atom. The van der Waals surface area contributed by atoms with Gasteiger partial charge in [-0.2, -0.15) is 0 Å². The van der Waals surface area contributed by atoms with Gasteiger partial charge in [0.1, 0.15) is 0 Å². The van der Waals surface area contributed by atoms with Gasteiger partial charge in [-0.25, -0.2) is 9.97 Å². The molecule has 0 radical (unpaired) electrons. The number of rotatable bonds is 10. The molecule has 280 valence electrons. The molecule has 0 spiro atoms. The van der Waals surface area contributed by atoms with Crippen LogP contribution < -0.4 is 4.74 Å². The van der Waals surface area contributed by atoms with Crippen molar-refractivity contribution < 1.29 is 25.8 Å². The van der Waals surface area contributed by atoms with Gasteiger partial charge in [-0.05, 0) is 84.0 Å². The normalized spacial score (nSPS) is 15.4. The van der Waals surface area contributed by atoms with Crippen molar-refractivity contribution in [3.8, 4) is 45.9 Å². The van der Waals surface area contributed by atoms with E-state index in [4.69, 9.17) is 14.7 Å².